The topological polar surface area (TPSA) is 28.2 Å². The summed E-state index contributed by atoms with van der Waals surface area (Å²) in [6, 6.07) is 8.52. The molecule has 116 valence electrons. The summed E-state index contributed by atoms with van der Waals surface area (Å²) in [6.07, 6.45) is 1.84. The van der Waals surface area contributed by atoms with Gasteiger partial charge in [-0.3, -0.25) is 4.98 Å². The van der Waals surface area contributed by atoms with Crippen molar-refractivity contribution >= 4 is 44.6 Å². The first kappa shape index (κ1) is 15.9. The fraction of sp³-hybridized carbons (Fsp3) is 0.375. The van der Waals surface area contributed by atoms with E-state index in [1.807, 2.05) is 18.3 Å². The maximum atomic E-state index is 5.60. The van der Waals surface area contributed by atoms with Crippen LogP contribution in [0.5, 0.6) is 0 Å². The average Bonchev–Trinajstić information content (AvgIpc) is 3.04. The van der Waals surface area contributed by atoms with E-state index in [9.17, 15) is 0 Å². The van der Waals surface area contributed by atoms with E-state index in [0.29, 0.717) is 5.92 Å². The number of pyridine rings is 1. The van der Waals surface area contributed by atoms with E-state index < -0.39 is 0 Å². The summed E-state index contributed by atoms with van der Waals surface area (Å²) in [4.78, 5) is 8.14. The number of hydrogen-bond donors (Lipinski definition) is 1. The molecule has 0 aromatic carbocycles. The van der Waals surface area contributed by atoms with Gasteiger partial charge in [-0.15, -0.1) is 11.3 Å². The Morgan fingerprint density at radius 1 is 1.45 bits per heavy atom. The second-order valence-electron chi connectivity index (χ2n) is 5.84. The van der Waals surface area contributed by atoms with Crippen LogP contribution in [0, 0.1) is 5.92 Å². The van der Waals surface area contributed by atoms with Crippen molar-refractivity contribution in [2.75, 3.05) is 6.54 Å². The third-order valence-corrected chi connectivity index (χ3v) is 5.76. The van der Waals surface area contributed by atoms with Crippen LogP contribution in [0.4, 0.5) is 0 Å². The molecule has 2 aromatic heterocycles. The summed E-state index contributed by atoms with van der Waals surface area (Å²) in [7, 11) is 0. The largest absolute Gasteiger partial charge is 0.352 e. The van der Waals surface area contributed by atoms with Crippen LogP contribution in [0.25, 0.3) is 0 Å². The summed E-state index contributed by atoms with van der Waals surface area (Å²) in [5, 5.41) is 6.41. The minimum Gasteiger partial charge on any atom is -0.352 e. The molecule has 1 saturated heterocycles. The van der Waals surface area contributed by atoms with Gasteiger partial charge in [-0.2, -0.15) is 0 Å². The number of halogens is 1. The van der Waals surface area contributed by atoms with Crippen molar-refractivity contribution in [1.82, 2.24) is 15.2 Å². The Labute approximate surface area is 148 Å². The van der Waals surface area contributed by atoms with Crippen molar-refractivity contribution in [2.24, 2.45) is 5.92 Å². The van der Waals surface area contributed by atoms with Crippen LogP contribution in [-0.2, 0) is 0 Å². The Bertz CT molecular complexity index is 656. The van der Waals surface area contributed by atoms with Crippen LogP contribution in [-0.4, -0.2) is 21.5 Å². The SMILES string of the molecule is CC(C)CN1C(=S)N[C@@H](c2ccccn2)[C@H]1c1cc(Br)cs1. The summed E-state index contributed by atoms with van der Waals surface area (Å²) in [5.74, 6) is 0.549. The molecule has 1 aliphatic rings. The predicted octanol–water partition coefficient (Wildman–Crippen LogP) is 4.53. The molecular weight excluding hydrogens is 378 g/mol. The molecule has 22 heavy (non-hydrogen) atoms. The smallest absolute Gasteiger partial charge is 0.170 e. The van der Waals surface area contributed by atoms with Gasteiger partial charge in [0.15, 0.2) is 5.11 Å². The lowest BCUT2D eigenvalue weighted by atomic mass is 10.0. The summed E-state index contributed by atoms with van der Waals surface area (Å²) in [6.45, 7) is 5.38. The highest BCUT2D eigenvalue weighted by atomic mass is 79.9. The predicted molar refractivity (Wildman–Crippen MR) is 99.0 cm³/mol. The van der Waals surface area contributed by atoms with Gasteiger partial charge in [0.05, 0.1) is 17.8 Å². The maximum Gasteiger partial charge on any atom is 0.170 e. The molecule has 0 spiro atoms. The van der Waals surface area contributed by atoms with Crippen LogP contribution < -0.4 is 5.32 Å². The average molecular weight is 396 g/mol. The van der Waals surface area contributed by atoms with Crippen LogP contribution >= 0.6 is 39.5 Å². The van der Waals surface area contributed by atoms with Crippen LogP contribution in [0.2, 0.25) is 0 Å². The van der Waals surface area contributed by atoms with E-state index in [1.165, 1.54) is 4.88 Å². The van der Waals surface area contributed by atoms with Crippen molar-refractivity contribution in [3.63, 3.8) is 0 Å². The molecule has 0 unspecified atom stereocenters. The molecule has 1 aliphatic heterocycles. The highest BCUT2D eigenvalue weighted by Gasteiger charge is 2.40. The van der Waals surface area contributed by atoms with Gasteiger partial charge >= 0.3 is 0 Å². The van der Waals surface area contributed by atoms with Crippen molar-refractivity contribution in [2.45, 2.75) is 25.9 Å². The first-order chi connectivity index (χ1) is 10.6. The number of rotatable bonds is 4. The number of hydrogen-bond acceptors (Lipinski definition) is 3. The van der Waals surface area contributed by atoms with Crippen LogP contribution in [0.15, 0.2) is 40.3 Å². The Morgan fingerprint density at radius 3 is 2.86 bits per heavy atom. The van der Waals surface area contributed by atoms with Crippen molar-refractivity contribution in [1.29, 1.82) is 0 Å². The van der Waals surface area contributed by atoms with Crippen molar-refractivity contribution in [3.05, 3.63) is 50.9 Å². The van der Waals surface area contributed by atoms with E-state index in [-0.39, 0.29) is 12.1 Å². The summed E-state index contributed by atoms with van der Waals surface area (Å²) >= 11 is 10.9. The van der Waals surface area contributed by atoms with Gasteiger partial charge in [0, 0.05) is 27.5 Å². The molecule has 2 aromatic rings. The summed E-state index contributed by atoms with van der Waals surface area (Å²) < 4.78 is 1.12. The quantitative estimate of drug-likeness (QED) is 0.769. The lowest BCUT2D eigenvalue weighted by Crippen LogP contribution is -2.32. The molecule has 0 bridgehead atoms. The highest BCUT2D eigenvalue weighted by Crippen LogP contribution is 2.41. The number of thiophene rings is 1. The van der Waals surface area contributed by atoms with Crippen molar-refractivity contribution < 1.29 is 0 Å². The van der Waals surface area contributed by atoms with E-state index >= 15 is 0 Å². The Morgan fingerprint density at radius 2 is 2.27 bits per heavy atom. The molecule has 0 saturated carbocycles. The Hall–Kier alpha value is -0.980. The molecular formula is C16H18BrN3S2. The first-order valence-corrected chi connectivity index (χ1v) is 9.36. The van der Waals surface area contributed by atoms with Gasteiger partial charge < -0.3 is 10.2 Å². The van der Waals surface area contributed by atoms with Gasteiger partial charge in [0.25, 0.3) is 0 Å². The Kier molecular flexibility index (Phi) is 4.80. The highest BCUT2D eigenvalue weighted by molar-refractivity contribution is 9.10. The van der Waals surface area contributed by atoms with Crippen molar-refractivity contribution in [3.8, 4) is 0 Å². The maximum absolute atomic E-state index is 5.60. The molecule has 3 nitrogen and oxygen atoms in total. The van der Waals surface area contributed by atoms with E-state index in [0.717, 1.165) is 21.8 Å². The van der Waals surface area contributed by atoms with Crippen LogP contribution in [0.1, 0.15) is 36.5 Å². The number of nitrogens with zero attached hydrogens (tertiary/aromatic N) is 2. The van der Waals surface area contributed by atoms with Gasteiger partial charge in [-0.1, -0.05) is 19.9 Å². The second-order valence-corrected chi connectivity index (χ2v) is 8.09. The molecule has 0 amide bonds. The minimum atomic E-state index is 0.0954. The molecule has 3 heterocycles. The molecule has 2 atom stereocenters. The number of aromatic nitrogens is 1. The third-order valence-electron chi connectivity index (χ3n) is 3.64. The zero-order chi connectivity index (χ0) is 15.7. The van der Waals surface area contributed by atoms with Gasteiger partial charge in [-0.05, 0) is 52.3 Å². The normalized spacial score (nSPS) is 21.5. The van der Waals surface area contributed by atoms with Gasteiger partial charge in [0.2, 0.25) is 0 Å². The standard InChI is InChI=1S/C16H18BrN3S2/c1-10(2)8-20-15(13-7-11(17)9-22-13)14(19-16(20)21)12-5-3-4-6-18-12/h3-7,9-10,14-15H,8H2,1-2H3,(H,19,21)/t14-,15+/m0/s1. The number of thiocarbonyl (C=S) groups is 1. The number of nitrogens with one attached hydrogen (secondary N) is 1. The van der Waals surface area contributed by atoms with E-state index in [2.05, 4.69) is 62.5 Å². The zero-order valence-electron chi connectivity index (χ0n) is 12.5. The lowest BCUT2D eigenvalue weighted by Gasteiger charge is -2.28. The van der Waals surface area contributed by atoms with Gasteiger partial charge in [-0.25, -0.2) is 0 Å². The lowest BCUT2D eigenvalue weighted by molar-refractivity contribution is 0.291. The van der Waals surface area contributed by atoms with E-state index in [4.69, 9.17) is 12.2 Å². The molecule has 1 N–H and O–H groups in total. The molecule has 6 heteroatoms. The first-order valence-electron chi connectivity index (χ1n) is 7.28. The fourth-order valence-electron chi connectivity index (χ4n) is 2.79. The Balaban J connectivity index is 2.00. The zero-order valence-corrected chi connectivity index (χ0v) is 15.7. The molecule has 0 radical (unpaired) electrons. The third kappa shape index (κ3) is 3.19. The molecule has 3 rings (SSSR count). The van der Waals surface area contributed by atoms with E-state index in [1.54, 1.807) is 11.3 Å². The second kappa shape index (κ2) is 6.64. The molecule has 0 aliphatic carbocycles. The van der Waals surface area contributed by atoms with Crippen LogP contribution in [0.3, 0.4) is 0 Å². The fourth-order valence-corrected chi connectivity index (χ4v) is 4.70. The monoisotopic (exact) mass is 395 g/mol. The van der Waals surface area contributed by atoms with Gasteiger partial charge in [0.1, 0.15) is 0 Å². The molecule has 1 fully saturated rings. The summed E-state index contributed by atoms with van der Waals surface area (Å²) in [5.41, 5.74) is 1.03. The minimum absolute atomic E-state index is 0.0954.